The largest absolute Gasteiger partial charge is 0.466 e. The molecular formula is C16H16N2O5S. The van der Waals surface area contributed by atoms with E-state index in [2.05, 4.69) is 5.32 Å². The molecule has 0 spiro atoms. The van der Waals surface area contributed by atoms with Crippen LogP contribution in [-0.2, 0) is 20.2 Å². The number of hydrogen-bond acceptors (Lipinski definition) is 5. The Morgan fingerprint density at radius 1 is 1.12 bits per heavy atom. The Hall–Kier alpha value is -2.61. The van der Waals surface area contributed by atoms with Crippen LogP contribution in [0, 0.1) is 0 Å². The Balaban J connectivity index is 1.77. The lowest BCUT2D eigenvalue weighted by Crippen LogP contribution is -2.41. The van der Waals surface area contributed by atoms with Gasteiger partial charge in [-0.25, -0.2) is 13.2 Å². The molecule has 1 fully saturated rings. The van der Waals surface area contributed by atoms with E-state index >= 15 is 0 Å². The van der Waals surface area contributed by atoms with Crippen molar-refractivity contribution in [1.82, 2.24) is 10.2 Å². The number of imide groups is 1. The van der Waals surface area contributed by atoms with Crippen molar-refractivity contribution in [3.63, 3.8) is 0 Å². The third-order valence-electron chi connectivity index (χ3n) is 3.97. The number of sulfone groups is 1. The van der Waals surface area contributed by atoms with Crippen LogP contribution in [0.15, 0.2) is 58.0 Å². The minimum Gasteiger partial charge on any atom is -0.466 e. The molecule has 1 aromatic carbocycles. The molecule has 1 unspecified atom stereocenters. The summed E-state index contributed by atoms with van der Waals surface area (Å²) < 4.78 is 29.8. The Morgan fingerprint density at radius 2 is 1.83 bits per heavy atom. The molecule has 2 heterocycles. The molecule has 7 nitrogen and oxygen atoms in total. The molecule has 1 aromatic heterocycles. The number of nitrogens with one attached hydrogen (secondary N) is 1. The number of nitrogens with zero attached hydrogens (tertiary/aromatic N) is 1. The van der Waals surface area contributed by atoms with Gasteiger partial charge in [0, 0.05) is 6.54 Å². The van der Waals surface area contributed by atoms with E-state index in [-0.39, 0.29) is 17.2 Å². The third kappa shape index (κ3) is 2.69. The molecular weight excluding hydrogens is 332 g/mol. The van der Waals surface area contributed by atoms with Crippen molar-refractivity contribution in [3.8, 4) is 0 Å². The van der Waals surface area contributed by atoms with Crippen molar-refractivity contribution < 1.29 is 22.4 Å². The van der Waals surface area contributed by atoms with Gasteiger partial charge in [-0.05, 0) is 31.2 Å². The standard InChI is InChI=1S/C16H16N2O5S/c1-16(13-8-5-10-23-13)14(19)18(15(20)17-16)9-11-24(21,22)12-6-3-2-4-7-12/h2-8,10H,9,11H2,1H3,(H,17,20). The highest BCUT2D eigenvalue weighted by Gasteiger charge is 2.50. The van der Waals surface area contributed by atoms with E-state index in [4.69, 9.17) is 4.42 Å². The molecule has 126 valence electrons. The van der Waals surface area contributed by atoms with Gasteiger partial charge in [-0.1, -0.05) is 18.2 Å². The summed E-state index contributed by atoms with van der Waals surface area (Å²) in [6.07, 6.45) is 1.41. The number of benzene rings is 1. The Kier molecular flexibility index (Phi) is 3.92. The smallest absolute Gasteiger partial charge is 0.325 e. The molecule has 0 bridgehead atoms. The second kappa shape index (κ2) is 5.79. The van der Waals surface area contributed by atoms with Crippen molar-refractivity contribution in [3.05, 3.63) is 54.5 Å². The molecule has 0 radical (unpaired) electrons. The molecule has 0 saturated carbocycles. The predicted octanol–water partition coefficient (Wildman–Crippen LogP) is 1.52. The van der Waals surface area contributed by atoms with Crippen molar-refractivity contribution in [2.75, 3.05) is 12.3 Å². The Morgan fingerprint density at radius 3 is 2.46 bits per heavy atom. The molecule has 1 aliphatic heterocycles. The van der Waals surface area contributed by atoms with Crippen molar-refractivity contribution in [2.45, 2.75) is 17.4 Å². The molecule has 1 aliphatic rings. The van der Waals surface area contributed by atoms with Crippen molar-refractivity contribution >= 4 is 21.8 Å². The summed E-state index contributed by atoms with van der Waals surface area (Å²) in [5.41, 5.74) is -1.32. The van der Waals surface area contributed by atoms with E-state index < -0.39 is 27.3 Å². The molecule has 8 heteroatoms. The van der Waals surface area contributed by atoms with Gasteiger partial charge in [-0.3, -0.25) is 9.69 Å². The SMILES string of the molecule is CC1(c2ccco2)NC(=O)N(CCS(=O)(=O)c2ccccc2)C1=O. The summed E-state index contributed by atoms with van der Waals surface area (Å²) in [6, 6.07) is 10.5. The van der Waals surface area contributed by atoms with Crippen LogP contribution in [0.25, 0.3) is 0 Å². The fourth-order valence-electron chi connectivity index (χ4n) is 2.59. The lowest BCUT2D eigenvalue weighted by Gasteiger charge is -2.19. The van der Waals surface area contributed by atoms with Gasteiger partial charge in [0.25, 0.3) is 5.91 Å². The van der Waals surface area contributed by atoms with Crippen LogP contribution >= 0.6 is 0 Å². The number of amides is 3. The molecule has 24 heavy (non-hydrogen) atoms. The molecule has 2 aromatic rings. The van der Waals surface area contributed by atoms with Gasteiger partial charge in [-0.15, -0.1) is 0 Å². The van der Waals surface area contributed by atoms with Crippen LogP contribution in [0.4, 0.5) is 4.79 Å². The Bertz CT molecular complexity index is 861. The minimum atomic E-state index is -3.58. The summed E-state index contributed by atoms with van der Waals surface area (Å²) in [4.78, 5) is 25.7. The van der Waals surface area contributed by atoms with Gasteiger partial charge in [0.2, 0.25) is 0 Å². The highest BCUT2D eigenvalue weighted by atomic mass is 32.2. The van der Waals surface area contributed by atoms with Gasteiger partial charge in [0.15, 0.2) is 15.4 Å². The summed E-state index contributed by atoms with van der Waals surface area (Å²) in [6.45, 7) is 1.30. The number of carbonyl (C=O) groups is 2. The number of furan rings is 1. The van der Waals surface area contributed by atoms with E-state index in [1.54, 1.807) is 30.3 Å². The Labute approximate surface area is 139 Å². The lowest BCUT2D eigenvalue weighted by atomic mass is 9.99. The van der Waals surface area contributed by atoms with E-state index in [0.717, 1.165) is 4.90 Å². The van der Waals surface area contributed by atoms with Crippen LogP contribution in [0.3, 0.4) is 0 Å². The second-order valence-corrected chi connectivity index (χ2v) is 7.73. The topological polar surface area (TPSA) is 96.7 Å². The van der Waals surface area contributed by atoms with Gasteiger partial charge >= 0.3 is 6.03 Å². The van der Waals surface area contributed by atoms with Gasteiger partial charge < -0.3 is 9.73 Å². The monoisotopic (exact) mass is 348 g/mol. The first-order valence-electron chi connectivity index (χ1n) is 7.30. The molecule has 0 aliphatic carbocycles. The normalized spacial score (nSPS) is 21.1. The van der Waals surface area contributed by atoms with Crippen LogP contribution in [0.5, 0.6) is 0 Å². The van der Waals surface area contributed by atoms with Gasteiger partial charge in [-0.2, -0.15) is 0 Å². The zero-order chi connectivity index (χ0) is 17.4. The average molecular weight is 348 g/mol. The number of hydrogen-bond donors (Lipinski definition) is 1. The summed E-state index contributed by atoms with van der Waals surface area (Å²) in [7, 11) is -3.58. The molecule has 3 amide bonds. The molecule has 1 saturated heterocycles. The van der Waals surface area contributed by atoms with E-state index in [1.807, 2.05) is 0 Å². The number of carbonyl (C=O) groups excluding carboxylic acids is 2. The summed E-state index contributed by atoms with van der Waals surface area (Å²) >= 11 is 0. The highest BCUT2D eigenvalue weighted by molar-refractivity contribution is 7.91. The number of urea groups is 1. The zero-order valence-electron chi connectivity index (χ0n) is 12.9. The van der Waals surface area contributed by atoms with E-state index in [1.165, 1.54) is 25.3 Å². The zero-order valence-corrected chi connectivity index (χ0v) is 13.7. The van der Waals surface area contributed by atoms with Crippen molar-refractivity contribution in [1.29, 1.82) is 0 Å². The maximum absolute atomic E-state index is 12.6. The van der Waals surface area contributed by atoms with Gasteiger partial charge in [0.05, 0.1) is 16.9 Å². The van der Waals surface area contributed by atoms with E-state index in [9.17, 15) is 18.0 Å². The quantitative estimate of drug-likeness (QED) is 0.827. The lowest BCUT2D eigenvalue weighted by molar-refractivity contribution is -0.131. The first-order valence-corrected chi connectivity index (χ1v) is 8.96. The van der Waals surface area contributed by atoms with Gasteiger partial charge in [0.1, 0.15) is 5.76 Å². The maximum Gasteiger partial charge on any atom is 0.325 e. The maximum atomic E-state index is 12.6. The van der Waals surface area contributed by atoms with Crippen molar-refractivity contribution in [2.24, 2.45) is 0 Å². The van der Waals surface area contributed by atoms with Crippen LogP contribution in [0.1, 0.15) is 12.7 Å². The second-order valence-electron chi connectivity index (χ2n) is 5.62. The summed E-state index contributed by atoms with van der Waals surface area (Å²) in [5, 5.41) is 2.56. The van der Waals surface area contributed by atoms with Crippen LogP contribution in [-0.4, -0.2) is 37.6 Å². The first-order chi connectivity index (χ1) is 11.3. The highest BCUT2D eigenvalue weighted by Crippen LogP contribution is 2.29. The first kappa shape index (κ1) is 16.3. The molecule has 3 rings (SSSR count). The van der Waals surface area contributed by atoms with Crippen LogP contribution in [0.2, 0.25) is 0 Å². The minimum absolute atomic E-state index is 0.158. The molecule has 1 N–H and O–H groups in total. The summed E-state index contributed by atoms with van der Waals surface area (Å²) in [5.74, 6) is -0.579. The predicted molar refractivity (Wildman–Crippen MR) is 84.8 cm³/mol. The number of rotatable bonds is 5. The van der Waals surface area contributed by atoms with Crippen LogP contribution < -0.4 is 5.32 Å². The third-order valence-corrected chi connectivity index (χ3v) is 5.69. The fraction of sp³-hybridized carbons (Fsp3) is 0.250. The molecule has 1 atom stereocenters. The average Bonchev–Trinajstić information content (AvgIpc) is 3.16. The van der Waals surface area contributed by atoms with E-state index in [0.29, 0.717) is 5.76 Å². The fourth-order valence-corrected chi connectivity index (χ4v) is 3.82.